The minimum Gasteiger partial charge on any atom is -0.352 e. The van der Waals surface area contributed by atoms with Crippen molar-refractivity contribution in [3.05, 3.63) is 59.5 Å². The average Bonchev–Trinajstić information content (AvgIpc) is 2.47. The number of hydrogen-bond donors (Lipinski definition) is 3. The number of amides is 1. The van der Waals surface area contributed by atoms with Crippen LogP contribution >= 0.6 is 0 Å². The maximum Gasteiger partial charge on any atom is 0.255 e. The van der Waals surface area contributed by atoms with Gasteiger partial charge in [0.2, 0.25) is 0 Å². The molecule has 2 rings (SSSR count). The van der Waals surface area contributed by atoms with Crippen LogP contribution in [0.15, 0.2) is 42.6 Å². The summed E-state index contributed by atoms with van der Waals surface area (Å²) in [6.07, 6.45) is 2.09. The quantitative estimate of drug-likeness (QED) is 0.570. The van der Waals surface area contributed by atoms with Crippen molar-refractivity contribution in [2.24, 2.45) is 5.84 Å². The first-order valence-corrected chi connectivity index (χ1v) is 6.15. The number of aromatic nitrogens is 1. The van der Waals surface area contributed by atoms with Crippen molar-refractivity contribution >= 4 is 11.7 Å². The molecule has 0 saturated carbocycles. The molecule has 5 nitrogen and oxygen atoms in total. The Bertz CT molecular complexity index is 603. The van der Waals surface area contributed by atoms with Crippen molar-refractivity contribution in [2.75, 3.05) is 12.0 Å². The average molecular weight is 274 g/mol. The predicted molar refractivity (Wildman–Crippen MR) is 74.5 cm³/mol. The highest BCUT2D eigenvalue weighted by Gasteiger charge is 2.10. The number of nitrogens with two attached hydrogens (primary N) is 1. The van der Waals surface area contributed by atoms with Crippen LogP contribution < -0.4 is 16.6 Å². The summed E-state index contributed by atoms with van der Waals surface area (Å²) in [4.78, 5) is 15.9. The fourth-order valence-electron chi connectivity index (χ4n) is 1.81. The van der Waals surface area contributed by atoms with E-state index in [0.29, 0.717) is 24.3 Å². The zero-order chi connectivity index (χ0) is 14.4. The predicted octanol–water partition coefficient (Wildman–Crippen LogP) is 1.48. The molecule has 1 amide bonds. The van der Waals surface area contributed by atoms with E-state index in [1.54, 1.807) is 24.4 Å². The number of nitrogen functional groups attached to an aromatic ring is 1. The van der Waals surface area contributed by atoms with Gasteiger partial charge in [0.1, 0.15) is 5.82 Å². The second kappa shape index (κ2) is 6.63. The monoisotopic (exact) mass is 274 g/mol. The van der Waals surface area contributed by atoms with Crippen LogP contribution in [0.25, 0.3) is 0 Å². The summed E-state index contributed by atoms with van der Waals surface area (Å²) in [5.74, 6) is 5.05. The number of rotatable bonds is 5. The van der Waals surface area contributed by atoms with Crippen molar-refractivity contribution in [2.45, 2.75) is 6.42 Å². The highest BCUT2D eigenvalue weighted by Crippen LogP contribution is 2.09. The Hall–Kier alpha value is -2.47. The SMILES string of the molecule is NNc1ncccc1C(=O)NCCc1cccc(F)c1. The number of benzene rings is 1. The molecule has 0 unspecified atom stereocenters. The van der Waals surface area contributed by atoms with Gasteiger partial charge in [-0.25, -0.2) is 15.2 Å². The maximum atomic E-state index is 13.0. The van der Waals surface area contributed by atoms with E-state index in [0.717, 1.165) is 5.56 Å². The molecule has 2 aromatic rings. The molecule has 0 atom stereocenters. The molecule has 104 valence electrons. The Labute approximate surface area is 116 Å². The lowest BCUT2D eigenvalue weighted by Crippen LogP contribution is -2.27. The zero-order valence-electron chi connectivity index (χ0n) is 10.8. The molecule has 0 spiro atoms. The molecule has 20 heavy (non-hydrogen) atoms. The first-order chi connectivity index (χ1) is 9.70. The van der Waals surface area contributed by atoms with Gasteiger partial charge in [-0.3, -0.25) is 4.79 Å². The first kappa shape index (κ1) is 14.0. The second-order valence-corrected chi connectivity index (χ2v) is 4.18. The Morgan fingerprint density at radius 2 is 2.15 bits per heavy atom. The Morgan fingerprint density at radius 1 is 1.30 bits per heavy atom. The standard InChI is InChI=1S/C14H15FN4O/c15-11-4-1-3-10(9-11)6-8-18-14(20)12-5-2-7-17-13(12)19-16/h1-5,7,9H,6,8,16H2,(H,17,19)(H,18,20). The number of halogens is 1. The normalized spacial score (nSPS) is 10.1. The number of anilines is 1. The van der Waals surface area contributed by atoms with Crippen molar-refractivity contribution < 1.29 is 9.18 Å². The van der Waals surface area contributed by atoms with E-state index in [2.05, 4.69) is 15.7 Å². The highest BCUT2D eigenvalue weighted by molar-refractivity contribution is 5.98. The second-order valence-electron chi connectivity index (χ2n) is 4.18. The van der Waals surface area contributed by atoms with Gasteiger partial charge in [0.15, 0.2) is 5.82 Å². The summed E-state index contributed by atoms with van der Waals surface area (Å²) in [5.41, 5.74) is 3.57. The topological polar surface area (TPSA) is 80.0 Å². The molecular weight excluding hydrogens is 259 g/mol. The van der Waals surface area contributed by atoms with Crippen LogP contribution in [0.1, 0.15) is 15.9 Å². The lowest BCUT2D eigenvalue weighted by atomic mass is 10.1. The number of hydrazine groups is 1. The number of nitrogens with one attached hydrogen (secondary N) is 2. The molecule has 1 heterocycles. The summed E-state index contributed by atoms with van der Waals surface area (Å²) >= 11 is 0. The van der Waals surface area contributed by atoms with E-state index in [4.69, 9.17) is 5.84 Å². The fourth-order valence-corrected chi connectivity index (χ4v) is 1.81. The van der Waals surface area contributed by atoms with E-state index >= 15 is 0 Å². The number of nitrogens with zero attached hydrogens (tertiary/aromatic N) is 1. The molecule has 0 saturated heterocycles. The third kappa shape index (κ3) is 3.52. The number of carbonyl (C=O) groups excluding carboxylic acids is 1. The van der Waals surface area contributed by atoms with Crippen LogP contribution in [0.4, 0.5) is 10.2 Å². The lowest BCUT2D eigenvalue weighted by Gasteiger charge is -2.08. The van der Waals surface area contributed by atoms with Gasteiger partial charge >= 0.3 is 0 Å². The van der Waals surface area contributed by atoms with Gasteiger partial charge in [-0.15, -0.1) is 0 Å². The summed E-state index contributed by atoms with van der Waals surface area (Å²) in [6, 6.07) is 9.57. The van der Waals surface area contributed by atoms with E-state index in [1.165, 1.54) is 12.1 Å². The zero-order valence-corrected chi connectivity index (χ0v) is 10.8. The van der Waals surface area contributed by atoms with Gasteiger partial charge in [0.25, 0.3) is 5.91 Å². The number of pyridine rings is 1. The van der Waals surface area contributed by atoms with E-state index in [1.807, 2.05) is 6.07 Å². The van der Waals surface area contributed by atoms with Crippen LogP contribution in [0.5, 0.6) is 0 Å². The van der Waals surface area contributed by atoms with Gasteiger partial charge < -0.3 is 10.7 Å². The van der Waals surface area contributed by atoms with E-state index in [9.17, 15) is 9.18 Å². The summed E-state index contributed by atoms with van der Waals surface area (Å²) in [7, 11) is 0. The summed E-state index contributed by atoms with van der Waals surface area (Å²) in [5, 5.41) is 2.74. The van der Waals surface area contributed by atoms with Gasteiger partial charge in [0, 0.05) is 12.7 Å². The molecule has 0 fully saturated rings. The molecule has 6 heteroatoms. The van der Waals surface area contributed by atoms with Crippen LogP contribution in [0.2, 0.25) is 0 Å². The van der Waals surface area contributed by atoms with Gasteiger partial charge in [0.05, 0.1) is 5.56 Å². The van der Waals surface area contributed by atoms with Crippen molar-refractivity contribution in [1.82, 2.24) is 10.3 Å². The number of carbonyl (C=O) groups is 1. The fraction of sp³-hybridized carbons (Fsp3) is 0.143. The van der Waals surface area contributed by atoms with Crippen LogP contribution in [0.3, 0.4) is 0 Å². The largest absolute Gasteiger partial charge is 0.352 e. The molecule has 0 aliphatic heterocycles. The molecule has 0 radical (unpaired) electrons. The van der Waals surface area contributed by atoms with Crippen molar-refractivity contribution in [3.63, 3.8) is 0 Å². The molecule has 0 aliphatic carbocycles. The van der Waals surface area contributed by atoms with Crippen LogP contribution in [-0.2, 0) is 6.42 Å². The lowest BCUT2D eigenvalue weighted by molar-refractivity contribution is 0.0954. The highest BCUT2D eigenvalue weighted by atomic mass is 19.1. The third-order valence-corrected chi connectivity index (χ3v) is 2.78. The van der Waals surface area contributed by atoms with Crippen LogP contribution in [0, 0.1) is 5.82 Å². The number of hydrogen-bond acceptors (Lipinski definition) is 4. The third-order valence-electron chi connectivity index (χ3n) is 2.78. The van der Waals surface area contributed by atoms with Crippen molar-refractivity contribution in [3.8, 4) is 0 Å². The molecule has 1 aromatic carbocycles. The smallest absolute Gasteiger partial charge is 0.255 e. The van der Waals surface area contributed by atoms with Crippen LogP contribution in [-0.4, -0.2) is 17.4 Å². The molecule has 1 aromatic heterocycles. The first-order valence-electron chi connectivity index (χ1n) is 6.15. The minimum absolute atomic E-state index is 0.276. The van der Waals surface area contributed by atoms with Gasteiger partial charge in [-0.05, 0) is 36.2 Å². The molecule has 0 aliphatic rings. The van der Waals surface area contributed by atoms with Crippen molar-refractivity contribution in [1.29, 1.82) is 0 Å². The van der Waals surface area contributed by atoms with Gasteiger partial charge in [-0.2, -0.15) is 0 Å². The molecule has 4 N–H and O–H groups in total. The Balaban J connectivity index is 1.92. The summed E-state index contributed by atoms with van der Waals surface area (Å²) < 4.78 is 13.0. The van der Waals surface area contributed by atoms with E-state index in [-0.39, 0.29) is 11.7 Å². The van der Waals surface area contributed by atoms with Gasteiger partial charge in [-0.1, -0.05) is 12.1 Å². The maximum absolute atomic E-state index is 13.0. The minimum atomic E-state index is -0.282. The Kier molecular flexibility index (Phi) is 4.62. The van der Waals surface area contributed by atoms with E-state index < -0.39 is 0 Å². The molecule has 0 bridgehead atoms. The Morgan fingerprint density at radius 3 is 2.90 bits per heavy atom. The molecular formula is C14H15FN4O. The summed E-state index contributed by atoms with van der Waals surface area (Å²) in [6.45, 7) is 0.404.